The lowest BCUT2D eigenvalue weighted by Crippen LogP contribution is -2.52. The first-order chi connectivity index (χ1) is 14.6. The number of benzene rings is 1. The van der Waals surface area contributed by atoms with Gasteiger partial charge >= 0.3 is 18.2 Å². The summed E-state index contributed by atoms with van der Waals surface area (Å²) in [6.45, 7) is 1.98. The van der Waals surface area contributed by atoms with Crippen LogP contribution in [-0.4, -0.2) is 27.8 Å². The van der Waals surface area contributed by atoms with Gasteiger partial charge in [0.2, 0.25) is 0 Å². The molecule has 162 valence electrons. The average molecular weight is 454 g/mol. The molecule has 12 heteroatoms. The number of alkyl halides is 4. The van der Waals surface area contributed by atoms with E-state index in [9.17, 15) is 22.4 Å². The van der Waals surface area contributed by atoms with Crippen LogP contribution in [0, 0.1) is 6.92 Å². The minimum atomic E-state index is -4.83. The highest BCUT2D eigenvalue weighted by Gasteiger charge is 2.65. The number of hydrogen-bond acceptors (Lipinski definition) is 5. The number of halogens is 4. The van der Waals surface area contributed by atoms with Gasteiger partial charge in [0, 0.05) is 36.1 Å². The maximum absolute atomic E-state index is 13.5. The lowest BCUT2D eigenvalue weighted by atomic mass is 10.2. The molecular weight excluding hydrogens is 440 g/mol. The third kappa shape index (κ3) is 4.24. The molecule has 31 heavy (non-hydrogen) atoms. The monoisotopic (exact) mass is 454 g/mol. The van der Waals surface area contributed by atoms with Crippen molar-refractivity contribution in [2.24, 2.45) is 4.99 Å². The summed E-state index contributed by atoms with van der Waals surface area (Å²) in [5, 5.41) is 2.63. The van der Waals surface area contributed by atoms with Gasteiger partial charge < -0.3 is 14.8 Å². The molecule has 1 aliphatic rings. The van der Waals surface area contributed by atoms with E-state index in [4.69, 9.17) is 0 Å². The third-order valence-electron chi connectivity index (χ3n) is 4.15. The fourth-order valence-corrected chi connectivity index (χ4v) is 3.56. The van der Waals surface area contributed by atoms with Gasteiger partial charge in [0.15, 0.2) is 16.3 Å². The molecule has 1 aliphatic heterocycles. The first-order valence-electron chi connectivity index (χ1n) is 8.83. The summed E-state index contributed by atoms with van der Waals surface area (Å²) in [6.07, 6.45) is -4.79. The summed E-state index contributed by atoms with van der Waals surface area (Å²) in [5.41, 5.74) is 1.05. The molecule has 0 atom stereocenters. The molecule has 0 saturated heterocycles. The second kappa shape index (κ2) is 7.69. The Morgan fingerprint density at radius 3 is 2.65 bits per heavy atom. The number of hydrogen-bond donors (Lipinski definition) is 1. The van der Waals surface area contributed by atoms with E-state index in [1.165, 1.54) is 22.0 Å². The number of ether oxygens (including phenoxy) is 2. The Morgan fingerprint density at radius 1 is 1.19 bits per heavy atom. The van der Waals surface area contributed by atoms with Crippen molar-refractivity contribution in [3.05, 3.63) is 64.2 Å². The number of amides is 2. The van der Waals surface area contributed by atoms with Crippen LogP contribution >= 0.6 is 11.3 Å². The van der Waals surface area contributed by atoms with Gasteiger partial charge in [-0.2, -0.15) is 22.6 Å². The number of fused-ring (bicyclic) bond motifs is 1. The first-order valence-corrected chi connectivity index (χ1v) is 9.65. The van der Waals surface area contributed by atoms with Crippen LogP contribution < -0.4 is 19.6 Å². The molecule has 0 fully saturated rings. The Labute approximate surface area is 176 Å². The van der Waals surface area contributed by atoms with E-state index in [1.807, 2.05) is 0 Å². The fourth-order valence-electron chi connectivity index (χ4n) is 2.73. The summed E-state index contributed by atoms with van der Waals surface area (Å²) in [5.74, 6) is -1.09. The highest BCUT2D eigenvalue weighted by molar-refractivity contribution is 7.09. The van der Waals surface area contributed by atoms with E-state index in [1.54, 1.807) is 37.6 Å². The Morgan fingerprint density at radius 2 is 1.94 bits per heavy atom. The number of nitrogens with one attached hydrogen (secondary N) is 1. The predicted molar refractivity (Wildman–Crippen MR) is 102 cm³/mol. The van der Waals surface area contributed by atoms with Gasteiger partial charge in [0.25, 0.3) is 0 Å². The second-order valence-corrected chi connectivity index (χ2v) is 7.71. The highest BCUT2D eigenvalue weighted by atomic mass is 32.1. The zero-order valence-electron chi connectivity index (χ0n) is 15.8. The quantitative estimate of drug-likeness (QED) is 0.607. The van der Waals surface area contributed by atoms with Crippen molar-refractivity contribution in [1.82, 2.24) is 14.9 Å². The standard InChI is InChI=1S/C19H14F4N4O3S/c1-11-10-27(17(31-11)26-16(28)25-9-12-3-2-6-24-8-12)13-4-5-14-15(7-13)30-19(22,23)18(20,21)29-14/h2-8,10H,9H2,1H3,(H,25,28)/b26-17-. The lowest BCUT2D eigenvalue weighted by molar-refractivity contribution is -0.391. The predicted octanol–water partition coefficient (Wildman–Crippen LogP) is 4.01. The van der Waals surface area contributed by atoms with Gasteiger partial charge in [-0.05, 0) is 30.7 Å². The molecular formula is C19H14F4N4O3S. The molecule has 4 rings (SSSR count). The van der Waals surface area contributed by atoms with Crippen LogP contribution in [0.2, 0.25) is 0 Å². The van der Waals surface area contributed by atoms with Crippen LogP contribution in [-0.2, 0) is 6.54 Å². The number of aryl methyl sites for hydroxylation is 1. The molecule has 2 amide bonds. The molecule has 1 aromatic carbocycles. The Hall–Kier alpha value is -3.41. The van der Waals surface area contributed by atoms with Crippen LogP contribution in [0.15, 0.2) is 53.9 Å². The number of urea groups is 1. The molecule has 7 nitrogen and oxygen atoms in total. The zero-order valence-corrected chi connectivity index (χ0v) is 16.6. The molecule has 2 aromatic heterocycles. The fraction of sp³-hybridized carbons (Fsp3) is 0.211. The van der Waals surface area contributed by atoms with Crippen molar-refractivity contribution >= 4 is 17.4 Å². The summed E-state index contributed by atoms with van der Waals surface area (Å²) in [7, 11) is 0. The maximum atomic E-state index is 13.5. The van der Waals surface area contributed by atoms with Gasteiger partial charge in [-0.15, -0.1) is 11.3 Å². The molecule has 0 spiro atoms. The molecule has 0 bridgehead atoms. The van der Waals surface area contributed by atoms with Crippen LogP contribution in [0.25, 0.3) is 5.69 Å². The molecule has 3 aromatic rings. The van der Waals surface area contributed by atoms with Gasteiger partial charge in [0.05, 0.1) is 5.69 Å². The van der Waals surface area contributed by atoms with E-state index < -0.39 is 29.7 Å². The zero-order chi connectivity index (χ0) is 22.2. The van der Waals surface area contributed by atoms with E-state index in [2.05, 4.69) is 24.8 Å². The van der Waals surface area contributed by atoms with Crippen molar-refractivity contribution in [3.8, 4) is 17.2 Å². The first kappa shape index (κ1) is 20.8. The van der Waals surface area contributed by atoms with E-state index >= 15 is 0 Å². The minimum absolute atomic E-state index is 0.216. The minimum Gasteiger partial charge on any atom is -0.421 e. The van der Waals surface area contributed by atoms with Crippen LogP contribution in [0.4, 0.5) is 22.4 Å². The molecule has 0 unspecified atom stereocenters. The molecule has 0 aliphatic carbocycles. The van der Waals surface area contributed by atoms with E-state index in [0.717, 1.165) is 22.6 Å². The normalized spacial score (nSPS) is 16.7. The number of carbonyl (C=O) groups excluding carboxylic acids is 1. The molecule has 0 radical (unpaired) electrons. The van der Waals surface area contributed by atoms with Crippen LogP contribution in [0.5, 0.6) is 11.5 Å². The average Bonchev–Trinajstić information content (AvgIpc) is 3.07. The Bertz CT molecular complexity index is 1190. The van der Waals surface area contributed by atoms with E-state index in [-0.39, 0.29) is 17.0 Å². The van der Waals surface area contributed by atoms with Crippen LogP contribution in [0.1, 0.15) is 10.4 Å². The topological polar surface area (TPSA) is 77.7 Å². The number of pyridine rings is 1. The number of aromatic nitrogens is 2. The van der Waals surface area contributed by atoms with Crippen molar-refractivity contribution in [3.63, 3.8) is 0 Å². The third-order valence-corrected chi connectivity index (χ3v) is 5.05. The summed E-state index contributed by atoms with van der Waals surface area (Å²) in [6, 6.07) is 6.45. The molecule has 0 saturated carbocycles. The number of nitrogens with zero attached hydrogens (tertiary/aromatic N) is 3. The summed E-state index contributed by atoms with van der Waals surface area (Å²) < 4.78 is 63.4. The Kier molecular flexibility index (Phi) is 5.17. The summed E-state index contributed by atoms with van der Waals surface area (Å²) in [4.78, 5) is 21.2. The van der Waals surface area contributed by atoms with Gasteiger partial charge in [-0.1, -0.05) is 6.07 Å². The van der Waals surface area contributed by atoms with Crippen molar-refractivity contribution < 1.29 is 31.8 Å². The smallest absolute Gasteiger partial charge is 0.421 e. The van der Waals surface area contributed by atoms with E-state index in [0.29, 0.717) is 0 Å². The maximum Gasteiger partial charge on any atom is 0.507 e. The van der Waals surface area contributed by atoms with Crippen molar-refractivity contribution in [2.75, 3.05) is 0 Å². The van der Waals surface area contributed by atoms with Gasteiger partial charge in [-0.25, -0.2) is 4.79 Å². The number of thiazole rings is 1. The second-order valence-electron chi connectivity index (χ2n) is 6.49. The highest BCUT2D eigenvalue weighted by Crippen LogP contribution is 2.47. The largest absolute Gasteiger partial charge is 0.507 e. The SMILES string of the molecule is Cc1cn(-c2ccc3c(c2)OC(F)(F)C(F)(F)O3)/c(=N/C(=O)NCc2cccnc2)s1. The number of carbonyl (C=O) groups is 1. The van der Waals surface area contributed by atoms with Crippen molar-refractivity contribution in [1.29, 1.82) is 0 Å². The Balaban J connectivity index is 1.62. The molecule has 1 N–H and O–H groups in total. The summed E-state index contributed by atoms with van der Waals surface area (Å²) >= 11 is 1.18. The van der Waals surface area contributed by atoms with Gasteiger partial charge in [-0.3, -0.25) is 9.55 Å². The van der Waals surface area contributed by atoms with Gasteiger partial charge in [0.1, 0.15) is 0 Å². The van der Waals surface area contributed by atoms with Crippen molar-refractivity contribution in [2.45, 2.75) is 25.7 Å². The number of rotatable bonds is 3. The van der Waals surface area contributed by atoms with Crippen LogP contribution in [0.3, 0.4) is 0 Å². The lowest BCUT2D eigenvalue weighted by Gasteiger charge is -2.31. The molecule has 3 heterocycles.